The summed E-state index contributed by atoms with van der Waals surface area (Å²) in [5.41, 5.74) is 3.40. The van der Waals surface area contributed by atoms with E-state index in [-0.39, 0.29) is 5.91 Å². The van der Waals surface area contributed by atoms with Crippen molar-refractivity contribution in [2.75, 3.05) is 13.2 Å². The summed E-state index contributed by atoms with van der Waals surface area (Å²) in [6, 6.07) is 16.5. The van der Waals surface area contributed by atoms with Gasteiger partial charge in [0, 0.05) is 26.4 Å². The van der Waals surface area contributed by atoms with Crippen LogP contribution in [0.3, 0.4) is 0 Å². The van der Waals surface area contributed by atoms with Crippen molar-refractivity contribution in [3.63, 3.8) is 0 Å². The van der Waals surface area contributed by atoms with Gasteiger partial charge in [-0.3, -0.25) is 4.79 Å². The van der Waals surface area contributed by atoms with Gasteiger partial charge in [-0.25, -0.2) is 4.98 Å². The first-order valence-electron chi connectivity index (χ1n) is 11.2. The summed E-state index contributed by atoms with van der Waals surface area (Å²) < 4.78 is 8.40. The minimum atomic E-state index is 0.0381. The van der Waals surface area contributed by atoms with Gasteiger partial charge in [0.05, 0.1) is 17.6 Å². The van der Waals surface area contributed by atoms with Gasteiger partial charge in [0.1, 0.15) is 11.6 Å². The molecule has 31 heavy (non-hydrogen) atoms. The average molecular weight is 420 g/mol. The van der Waals surface area contributed by atoms with Crippen molar-refractivity contribution in [3.05, 3.63) is 72.6 Å². The monoisotopic (exact) mass is 419 g/mol. The fourth-order valence-electron chi connectivity index (χ4n) is 3.79. The molecular formula is C26H33N3O2. The number of amides is 1. The molecule has 3 rings (SSSR count). The molecule has 0 bridgehead atoms. The second-order valence-corrected chi connectivity index (χ2v) is 7.76. The van der Waals surface area contributed by atoms with Gasteiger partial charge < -0.3 is 14.6 Å². The van der Waals surface area contributed by atoms with Crippen LogP contribution in [-0.4, -0.2) is 28.6 Å². The lowest BCUT2D eigenvalue weighted by atomic mass is 10.1. The number of carbonyl (C=O) groups is 1. The van der Waals surface area contributed by atoms with Crippen LogP contribution in [0.15, 0.2) is 61.2 Å². The van der Waals surface area contributed by atoms with E-state index in [1.54, 1.807) is 6.92 Å². The molecule has 1 N–H and O–H groups in total. The van der Waals surface area contributed by atoms with E-state index in [1.807, 2.05) is 30.3 Å². The van der Waals surface area contributed by atoms with Crippen LogP contribution in [0.1, 0.15) is 44.0 Å². The first-order valence-corrected chi connectivity index (χ1v) is 11.2. The third-order valence-corrected chi connectivity index (χ3v) is 5.31. The number of benzene rings is 2. The quantitative estimate of drug-likeness (QED) is 0.310. The molecule has 3 aromatic rings. The van der Waals surface area contributed by atoms with Crippen LogP contribution in [-0.2, 0) is 24.2 Å². The molecule has 1 heterocycles. The third kappa shape index (κ3) is 6.71. The Bertz CT molecular complexity index is 993. The number of aromatic nitrogens is 2. The van der Waals surface area contributed by atoms with E-state index in [4.69, 9.17) is 9.72 Å². The number of rotatable bonds is 13. The highest BCUT2D eigenvalue weighted by atomic mass is 16.5. The Balaban J connectivity index is 1.56. The number of allylic oxidation sites excluding steroid dienone is 1. The molecule has 0 aliphatic heterocycles. The van der Waals surface area contributed by atoms with Crippen molar-refractivity contribution in [1.82, 2.24) is 14.9 Å². The molecule has 0 radical (unpaired) electrons. The number of nitrogens with zero attached hydrogens (tertiary/aromatic N) is 2. The summed E-state index contributed by atoms with van der Waals surface area (Å²) >= 11 is 0. The largest absolute Gasteiger partial charge is 0.493 e. The summed E-state index contributed by atoms with van der Waals surface area (Å²) in [5, 5.41) is 2.86. The smallest absolute Gasteiger partial charge is 0.216 e. The van der Waals surface area contributed by atoms with Crippen LogP contribution in [0.5, 0.6) is 5.75 Å². The molecule has 5 heteroatoms. The lowest BCUT2D eigenvalue weighted by Crippen LogP contribution is -2.20. The van der Waals surface area contributed by atoms with E-state index in [9.17, 15) is 4.79 Å². The number of fused-ring (bicyclic) bond motifs is 1. The Morgan fingerprint density at radius 3 is 2.74 bits per heavy atom. The molecule has 0 unspecified atom stereocenters. The zero-order valence-electron chi connectivity index (χ0n) is 18.5. The number of imidazole rings is 1. The standard InChI is InChI=1S/C26H33N3O2/c1-3-12-22-13-6-9-16-25(22)31-20-11-19-29-24-15-8-7-14-23(24)28-26(29)17-5-4-10-18-27-21(2)30/h3,6-9,13-16H,1,4-5,10-12,17-20H2,2H3,(H,27,30). The lowest BCUT2D eigenvalue weighted by molar-refractivity contribution is -0.118. The van der Waals surface area contributed by atoms with E-state index in [2.05, 4.69) is 40.7 Å². The SMILES string of the molecule is C=CCc1ccccc1OCCCn1c(CCCCCNC(C)=O)nc2ccccc21. The van der Waals surface area contributed by atoms with Gasteiger partial charge in [-0.15, -0.1) is 6.58 Å². The topological polar surface area (TPSA) is 56.1 Å². The van der Waals surface area contributed by atoms with Gasteiger partial charge in [-0.05, 0) is 49.4 Å². The molecule has 0 saturated carbocycles. The molecule has 5 nitrogen and oxygen atoms in total. The van der Waals surface area contributed by atoms with E-state index < -0.39 is 0 Å². The normalized spacial score (nSPS) is 10.9. The highest BCUT2D eigenvalue weighted by molar-refractivity contribution is 5.75. The zero-order valence-corrected chi connectivity index (χ0v) is 18.5. The number of hydrogen-bond acceptors (Lipinski definition) is 3. The number of hydrogen-bond donors (Lipinski definition) is 1. The maximum Gasteiger partial charge on any atom is 0.216 e. The minimum absolute atomic E-state index is 0.0381. The van der Waals surface area contributed by atoms with Crippen LogP contribution in [0.25, 0.3) is 11.0 Å². The van der Waals surface area contributed by atoms with Crippen LogP contribution in [0.2, 0.25) is 0 Å². The second-order valence-electron chi connectivity index (χ2n) is 7.76. The van der Waals surface area contributed by atoms with Gasteiger partial charge >= 0.3 is 0 Å². The molecular weight excluding hydrogens is 386 g/mol. The van der Waals surface area contributed by atoms with Gasteiger partial charge in [-0.1, -0.05) is 42.8 Å². The van der Waals surface area contributed by atoms with Crippen molar-refractivity contribution in [3.8, 4) is 5.75 Å². The van der Waals surface area contributed by atoms with Crippen molar-refractivity contribution in [2.45, 2.75) is 52.0 Å². The predicted octanol–water partition coefficient (Wildman–Crippen LogP) is 5.08. The van der Waals surface area contributed by atoms with E-state index in [0.717, 1.165) is 68.7 Å². The van der Waals surface area contributed by atoms with Crippen molar-refractivity contribution < 1.29 is 9.53 Å². The summed E-state index contributed by atoms with van der Waals surface area (Å²) in [5.74, 6) is 2.11. The number of carbonyl (C=O) groups excluding carboxylic acids is 1. The molecule has 0 aliphatic carbocycles. The van der Waals surface area contributed by atoms with Gasteiger partial charge in [-0.2, -0.15) is 0 Å². The Hall–Kier alpha value is -3.08. The maximum absolute atomic E-state index is 11.0. The van der Waals surface area contributed by atoms with Gasteiger partial charge in [0.2, 0.25) is 5.91 Å². The molecule has 164 valence electrons. The van der Waals surface area contributed by atoms with E-state index in [0.29, 0.717) is 6.61 Å². The third-order valence-electron chi connectivity index (χ3n) is 5.31. The summed E-state index contributed by atoms with van der Waals surface area (Å²) in [6.45, 7) is 7.68. The first kappa shape index (κ1) is 22.6. The fraction of sp³-hybridized carbons (Fsp3) is 0.385. The second kappa shape index (κ2) is 11.9. The molecule has 2 aromatic carbocycles. The number of ether oxygens (including phenoxy) is 1. The van der Waals surface area contributed by atoms with Crippen LogP contribution < -0.4 is 10.1 Å². The molecule has 0 atom stereocenters. The predicted molar refractivity (Wildman–Crippen MR) is 126 cm³/mol. The molecule has 0 spiro atoms. The van der Waals surface area contributed by atoms with E-state index >= 15 is 0 Å². The number of aryl methyl sites for hydroxylation is 2. The van der Waals surface area contributed by atoms with Crippen molar-refractivity contribution >= 4 is 16.9 Å². The zero-order chi connectivity index (χ0) is 21.9. The number of nitrogens with one attached hydrogen (secondary N) is 1. The highest BCUT2D eigenvalue weighted by Crippen LogP contribution is 2.21. The van der Waals surface area contributed by atoms with Crippen molar-refractivity contribution in [1.29, 1.82) is 0 Å². The van der Waals surface area contributed by atoms with Gasteiger partial charge in [0.25, 0.3) is 0 Å². The summed E-state index contributed by atoms with van der Waals surface area (Å²) in [7, 11) is 0. The van der Waals surface area contributed by atoms with Crippen LogP contribution in [0, 0.1) is 0 Å². The van der Waals surface area contributed by atoms with Crippen molar-refractivity contribution in [2.24, 2.45) is 0 Å². The summed E-state index contributed by atoms with van der Waals surface area (Å²) in [6.07, 6.45) is 7.71. The maximum atomic E-state index is 11.0. The Morgan fingerprint density at radius 2 is 1.90 bits per heavy atom. The fourth-order valence-corrected chi connectivity index (χ4v) is 3.79. The Labute approximate surface area is 185 Å². The number of unbranched alkanes of at least 4 members (excludes halogenated alkanes) is 2. The minimum Gasteiger partial charge on any atom is -0.493 e. The van der Waals surface area contributed by atoms with Crippen LogP contribution in [0.4, 0.5) is 0 Å². The molecule has 1 aromatic heterocycles. The lowest BCUT2D eigenvalue weighted by Gasteiger charge is -2.12. The Morgan fingerprint density at radius 1 is 1.10 bits per heavy atom. The molecule has 0 aliphatic rings. The van der Waals surface area contributed by atoms with Gasteiger partial charge in [0.15, 0.2) is 0 Å². The molecule has 0 saturated heterocycles. The van der Waals surface area contributed by atoms with E-state index in [1.165, 1.54) is 11.1 Å². The molecule has 0 fully saturated rings. The van der Waals surface area contributed by atoms with Crippen LogP contribution >= 0.6 is 0 Å². The number of para-hydroxylation sites is 3. The average Bonchev–Trinajstić information content (AvgIpc) is 3.12. The summed E-state index contributed by atoms with van der Waals surface area (Å²) in [4.78, 5) is 15.8. The Kier molecular flexibility index (Phi) is 8.71. The highest BCUT2D eigenvalue weighted by Gasteiger charge is 2.10. The molecule has 1 amide bonds. The first-order chi connectivity index (χ1) is 15.2.